The Morgan fingerprint density at radius 2 is 2.09 bits per heavy atom. The summed E-state index contributed by atoms with van der Waals surface area (Å²) in [5.74, 6) is -0.317. The summed E-state index contributed by atoms with van der Waals surface area (Å²) in [6.07, 6.45) is 0. The number of aromatic amines is 1. The highest BCUT2D eigenvalue weighted by Crippen LogP contribution is 2.36. The Bertz CT molecular complexity index is 970. The molecule has 0 spiro atoms. The third-order valence-corrected chi connectivity index (χ3v) is 5.19. The minimum Gasteiger partial charge on any atom is -0.301 e. The molecule has 0 bridgehead atoms. The van der Waals surface area contributed by atoms with E-state index in [0.717, 1.165) is 16.0 Å². The minimum absolute atomic E-state index is 0.244. The molecule has 0 radical (unpaired) electrons. The first-order valence-corrected chi connectivity index (χ1v) is 8.55. The fourth-order valence-corrected chi connectivity index (χ4v) is 4.10. The fraction of sp³-hybridized carbons (Fsp3) is 0.188. The van der Waals surface area contributed by atoms with Crippen LogP contribution in [0.1, 0.15) is 11.8 Å². The number of hydrogen-bond donors (Lipinski definition) is 1. The Labute approximate surface area is 140 Å². The summed E-state index contributed by atoms with van der Waals surface area (Å²) in [5, 5.41) is 9.52. The number of thiophene rings is 1. The van der Waals surface area contributed by atoms with Gasteiger partial charge in [-0.2, -0.15) is 5.26 Å². The number of rotatable bonds is 3. The first-order valence-electron chi connectivity index (χ1n) is 6.85. The molecule has 0 saturated heterocycles. The molecule has 0 unspecified atom stereocenters. The van der Waals surface area contributed by atoms with Crippen molar-refractivity contribution in [2.24, 2.45) is 0 Å². The molecule has 1 atom stereocenters. The number of halogens is 1. The van der Waals surface area contributed by atoms with Gasteiger partial charge in [-0.1, -0.05) is 23.9 Å². The van der Waals surface area contributed by atoms with Gasteiger partial charge < -0.3 is 4.98 Å². The molecule has 1 N–H and O–H groups in total. The Morgan fingerprint density at radius 3 is 2.74 bits per heavy atom. The molecule has 3 aromatic rings. The van der Waals surface area contributed by atoms with E-state index in [1.165, 1.54) is 35.2 Å². The predicted molar refractivity (Wildman–Crippen MR) is 91.3 cm³/mol. The summed E-state index contributed by atoms with van der Waals surface area (Å²) >= 11 is 2.63. The highest BCUT2D eigenvalue weighted by molar-refractivity contribution is 8.00. The number of aryl methyl sites for hydroxylation is 1. The number of nitrogens with one attached hydrogen (secondary N) is 1. The summed E-state index contributed by atoms with van der Waals surface area (Å²) in [5.41, 5.74) is 1.32. The topological polar surface area (TPSA) is 69.5 Å². The van der Waals surface area contributed by atoms with Gasteiger partial charge in [-0.05, 0) is 31.5 Å². The third-order valence-electron chi connectivity index (χ3n) is 3.32. The lowest BCUT2D eigenvalue weighted by Crippen LogP contribution is -2.09. The molecule has 2 heterocycles. The van der Waals surface area contributed by atoms with Crippen LogP contribution in [0.5, 0.6) is 0 Å². The summed E-state index contributed by atoms with van der Waals surface area (Å²) in [6, 6.07) is 8.16. The Morgan fingerprint density at radius 1 is 1.39 bits per heavy atom. The first-order chi connectivity index (χ1) is 11.0. The van der Waals surface area contributed by atoms with E-state index < -0.39 is 0 Å². The van der Waals surface area contributed by atoms with E-state index in [2.05, 4.69) is 16.0 Å². The maximum atomic E-state index is 13.1. The molecular weight excluding hydrogens is 333 g/mol. The second kappa shape index (κ2) is 6.14. The zero-order chi connectivity index (χ0) is 16.6. The van der Waals surface area contributed by atoms with Crippen molar-refractivity contribution in [1.82, 2.24) is 9.97 Å². The first kappa shape index (κ1) is 15.7. The molecule has 0 aliphatic rings. The van der Waals surface area contributed by atoms with E-state index in [9.17, 15) is 9.18 Å². The lowest BCUT2D eigenvalue weighted by Gasteiger charge is -2.03. The maximum Gasteiger partial charge on any atom is 0.260 e. The van der Waals surface area contributed by atoms with E-state index in [0.29, 0.717) is 15.4 Å². The van der Waals surface area contributed by atoms with Crippen molar-refractivity contribution in [3.8, 4) is 17.2 Å². The number of hydrogen-bond acceptors (Lipinski definition) is 5. The van der Waals surface area contributed by atoms with Crippen molar-refractivity contribution in [3.05, 3.63) is 45.3 Å². The summed E-state index contributed by atoms with van der Waals surface area (Å²) in [6.45, 7) is 3.66. The number of H-pyrrole nitrogens is 1. The zero-order valence-electron chi connectivity index (χ0n) is 12.4. The predicted octanol–water partition coefficient (Wildman–Crippen LogP) is 4.10. The normalized spacial score (nSPS) is 12.3. The molecule has 0 aliphatic heterocycles. The standard InChI is InChI=1S/C16H12FN3OS2/c1-8(7-18)22-16-19-14(21)13-12(9(2)23-15(13)20-16)10-3-5-11(17)6-4-10/h3-6,8H,1-2H3,(H,19,20,21)/t8-/m1/s1. The molecule has 1 aromatic carbocycles. The van der Waals surface area contributed by atoms with Crippen molar-refractivity contribution in [2.75, 3.05) is 0 Å². The zero-order valence-corrected chi connectivity index (χ0v) is 14.0. The highest BCUT2D eigenvalue weighted by atomic mass is 32.2. The maximum absolute atomic E-state index is 13.1. The van der Waals surface area contributed by atoms with Crippen molar-refractivity contribution >= 4 is 33.3 Å². The van der Waals surface area contributed by atoms with Crippen molar-refractivity contribution in [2.45, 2.75) is 24.3 Å². The van der Waals surface area contributed by atoms with Crippen LogP contribution in [0.4, 0.5) is 4.39 Å². The molecule has 2 aromatic heterocycles. The average Bonchev–Trinajstić information content (AvgIpc) is 2.84. The van der Waals surface area contributed by atoms with E-state index in [1.54, 1.807) is 19.1 Å². The number of fused-ring (bicyclic) bond motifs is 1. The number of aromatic nitrogens is 2. The van der Waals surface area contributed by atoms with Gasteiger partial charge in [0, 0.05) is 10.4 Å². The molecule has 116 valence electrons. The Balaban J connectivity index is 2.18. The van der Waals surface area contributed by atoms with E-state index in [1.807, 2.05) is 6.92 Å². The van der Waals surface area contributed by atoms with Crippen LogP contribution in [0.15, 0.2) is 34.2 Å². The van der Waals surface area contributed by atoms with E-state index in [4.69, 9.17) is 5.26 Å². The molecule has 0 fully saturated rings. The fourth-order valence-electron chi connectivity index (χ4n) is 2.31. The smallest absolute Gasteiger partial charge is 0.260 e. The molecule has 0 saturated carbocycles. The summed E-state index contributed by atoms with van der Waals surface area (Å²) in [4.78, 5) is 21.2. The molecule has 3 rings (SSSR count). The van der Waals surface area contributed by atoms with Crippen LogP contribution in [0.25, 0.3) is 21.3 Å². The number of thioether (sulfide) groups is 1. The molecule has 7 heteroatoms. The second-order valence-corrected chi connectivity index (χ2v) is 7.51. The lowest BCUT2D eigenvalue weighted by molar-refractivity contribution is 0.628. The highest BCUT2D eigenvalue weighted by Gasteiger charge is 2.17. The largest absolute Gasteiger partial charge is 0.301 e. The van der Waals surface area contributed by atoms with Crippen LogP contribution >= 0.6 is 23.1 Å². The third kappa shape index (κ3) is 3.00. The molecular formula is C16H12FN3OS2. The van der Waals surface area contributed by atoms with Gasteiger partial charge in [-0.3, -0.25) is 4.79 Å². The van der Waals surface area contributed by atoms with Crippen LogP contribution in [-0.4, -0.2) is 15.2 Å². The van der Waals surface area contributed by atoms with Gasteiger partial charge in [0.05, 0.1) is 16.7 Å². The summed E-state index contributed by atoms with van der Waals surface area (Å²) < 4.78 is 13.1. The van der Waals surface area contributed by atoms with Crippen molar-refractivity contribution < 1.29 is 4.39 Å². The Hall–Kier alpha value is -2.17. The van der Waals surface area contributed by atoms with Crippen molar-refractivity contribution in [1.29, 1.82) is 5.26 Å². The minimum atomic E-state index is -0.317. The average molecular weight is 345 g/mol. The lowest BCUT2D eigenvalue weighted by atomic mass is 10.0. The van der Waals surface area contributed by atoms with Gasteiger partial charge in [0.2, 0.25) is 0 Å². The second-order valence-electron chi connectivity index (χ2n) is 4.98. The Kier molecular flexibility index (Phi) is 4.20. The van der Waals surface area contributed by atoms with Crippen LogP contribution in [0.3, 0.4) is 0 Å². The van der Waals surface area contributed by atoms with Gasteiger partial charge in [0.1, 0.15) is 10.6 Å². The van der Waals surface area contributed by atoms with Crippen LogP contribution < -0.4 is 5.56 Å². The SMILES string of the molecule is Cc1sc2nc(S[C@H](C)C#N)[nH]c(=O)c2c1-c1ccc(F)cc1. The molecule has 23 heavy (non-hydrogen) atoms. The van der Waals surface area contributed by atoms with Gasteiger partial charge in [0.25, 0.3) is 5.56 Å². The van der Waals surface area contributed by atoms with Crippen LogP contribution in [0, 0.1) is 24.1 Å². The van der Waals surface area contributed by atoms with Crippen LogP contribution in [-0.2, 0) is 0 Å². The monoisotopic (exact) mass is 345 g/mol. The molecule has 0 amide bonds. The quantitative estimate of drug-likeness (QED) is 0.573. The summed E-state index contributed by atoms with van der Waals surface area (Å²) in [7, 11) is 0. The van der Waals surface area contributed by atoms with E-state index in [-0.39, 0.29) is 16.6 Å². The molecule has 4 nitrogen and oxygen atoms in total. The van der Waals surface area contributed by atoms with Gasteiger partial charge in [-0.25, -0.2) is 9.37 Å². The van der Waals surface area contributed by atoms with Gasteiger partial charge >= 0.3 is 0 Å². The van der Waals surface area contributed by atoms with Gasteiger partial charge in [-0.15, -0.1) is 11.3 Å². The number of benzene rings is 1. The van der Waals surface area contributed by atoms with Crippen LogP contribution in [0.2, 0.25) is 0 Å². The van der Waals surface area contributed by atoms with Gasteiger partial charge in [0.15, 0.2) is 5.16 Å². The van der Waals surface area contributed by atoms with Crippen molar-refractivity contribution in [3.63, 3.8) is 0 Å². The molecule has 0 aliphatic carbocycles. The number of nitrogens with zero attached hydrogens (tertiary/aromatic N) is 2. The number of nitriles is 1. The van der Waals surface area contributed by atoms with E-state index >= 15 is 0 Å².